The lowest BCUT2D eigenvalue weighted by Crippen LogP contribution is -2.16. The molecule has 0 spiro atoms. The molecule has 2 rings (SSSR count). The average molecular weight is 348 g/mol. The van der Waals surface area contributed by atoms with Crippen LogP contribution in [-0.2, 0) is 10.0 Å². The highest BCUT2D eigenvalue weighted by molar-refractivity contribution is 7.92. The lowest BCUT2D eigenvalue weighted by Gasteiger charge is -2.12. The first-order valence-electron chi connectivity index (χ1n) is 6.80. The summed E-state index contributed by atoms with van der Waals surface area (Å²) in [5.41, 5.74) is 1.21. The van der Waals surface area contributed by atoms with E-state index in [1.807, 2.05) is 0 Å². The lowest BCUT2D eigenvalue weighted by atomic mass is 10.1. The minimum absolute atomic E-state index is 0.0446. The van der Waals surface area contributed by atoms with Gasteiger partial charge in [-0.25, -0.2) is 8.42 Å². The molecule has 0 fully saturated rings. The van der Waals surface area contributed by atoms with E-state index in [0.29, 0.717) is 16.4 Å². The van der Waals surface area contributed by atoms with Crippen molar-refractivity contribution in [3.8, 4) is 0 Å². The number of nitrogens with one attached hydrogen (secondary N) is 2. The van der Waals surface area contributed by atoms with Crippen LogP contribution in [0.15, 0.2) is 53.4 Å². The Balaban J connectivity index is 2.36. The maximum absolute atomic E-state index is 12.6. The van der Waals surface area contributed by atoms with Crippen LogP contribution >= 0.6 is 12.2 Å². The number of ketones is 1. The Labute approximate surface area is 140 Å². The van der Waals surface area contributed by atoms with Crippen LogP contribution < -0.4 is 10.0 Å². The van der Waals surface area contributed by atoms with Gasteiger partial charge in [0.2, 0.25) is 0 Å². The Hall–Kier alpha value is -2.25. The molecular formula is C16H16N2O3S2. The molecule has 5 nitrogen and oxygen atoms in total. The fourth-order valence-electron chi connectivity index (χ4n) is 2.07. The van der Waals surface area contributed by atoms with Crippen LogP contribution in [0, 0.1) is 0 Å². The van der Waals surface area contributed by atoms with E-state index in [-0.39, 0.29) is 16.2 Å². The van der Waals surface area contributed by atoms with Gasteiger partial charge in [-0.15, -0.1) is 0 Å². The van der Waals surface area contributed by atoms with Crippen molar-refractivity contribution in [2.24, 2.45) is 0 Å². The van der Waals surface area contributed by atoms with E-state index in [1.165, 1.54) is 19.1 Å². The van der Waals surface area contributed by atoms with Crippen molar-refractivity contribution in [3.63, 3.8) is 0 Å². The van der Waals surface area contributed by atoms with Crippen molar-refractivity contribution in [2.45, 2.75) is 18.7 Å². The molecule has 0 aromatic heterocycles. The number of carbonyl (C=O) groups is 1. The van der Waals surface area contributed by atoms with Crippen LogP contribution in [0.2, 0.25) is 0 Å². The van der Waals surface area contributed by atoms with E-state index in [4.69, 9.17) is 12.2 Å². The fourth-order valence-corrected chi connectivity index (χ4v) is 3.49. The SMILES string of the molecule is CC(=O)c1ccccc1S(=O)(=O)Nc1cccc(NC(C)=S)c1. The molecule has 0 saturated heterocycles. The Kier molecular flexibility index (Phi) is 5.12. The quantitative estimate of drug-likeness (QED) is 0.639. The molecule has 0 amide bonds. The van der Waals surface area contributed by atoms with Gasteiger partial charge >= 0.3 is 0 Å². The Morgan fingerprint density at radius 1 is 1.00 bits per heavy atom. The summed E-state index contributed by atoms with van der Waals surface area (Å²) in [6.45, 7) is 3.07. The van der Waals surface area contributed by atoms with Crippen LogP contribution in [0.1, 0.15) is 24.2 Å². The van der Waals surface area contributed by atoms with E-state index in [2.05, 4.69) is 10.0 Å². The zero-order valence-corrected chi connectivity index (χ0v) is 14.3. The molecule has 120 valence electrons. The summed E-state index contributed by atoms with van der Waals surface area (Å²) in [6.07, 6.45) is 0. The number of sulfonamides is 1. The molecule has 0 aliphatic rings. The maximum atomic E-state index is 12.6. The first-order chi connectivity index (χ1) is 10.8. The minimum atomic E-state index is -3.87. The third-order valence-electron chi connectivity index (χ3n) is 2.99. The highest BCUT2D eigenvalue weighted by Gasteiger charge is 2.20. The van der Waals surface area contributed by atoms with Crippen LogP contribution in [0.25, 0.3) is 0 Å². The molecule has 2 aromatic rings. The Bertz CT molecular complexity index is 861. The van der Waals surface area contributed by atoms with Crippen LogP contribution in [0.4, 0.5) is 11.4 Å². The van der Waals surface area contributed by atoms with Gasteiger partial charge < -0.3 is 5.32 Å². The van der Waals surface area contributed by atoms with Crippen LogP contribution in [-0.4, -0.2) is 19.2 Å². The summed E-state index contributed by atoms with van der Waals surface area (Å²) in [5.74, 6) is -0.308. The number of Topliss-reactive ketones (excluding diaryl/α,β-unsaturated/α-hetero) is 1. The molecule has 2 aromatic carbocycles. The number of thiocarbonyl (C=S) groups is 1. The second-order valence-electron chi connectivity index (χ2n) is 4.92. The van der Waals surface area contributed by atoms with Crippen molar-refractivity contribution in [2.75, 3.05) is 10.0 Å². The second kappa shape index (κ2) is 6.89. The molecule has 0 unspecified atom stereocenters. The second-order valence-corrected chi connectivity index (χ2v) is 7.18. The minimum Gasteiger partial charge on any atom is -0.350 e. The highest BCUT2D eigenvalue weighted by atomic mass is 32.2. The predicted molar refractivity (Wildman–Crippen MR) is 95.6 cm³/mol. The molecule has 23 heavy (non-hydrogen) atoms. The molecule has 0 aliphatic heterocycles. The van der Waals surface area contributed by atoms with Crippen molar-refractivity contribution < 1.29 is 13.2 Å². The smallest absolute Gasteiger partial charge is 0.262 e. The Morgan fingerprint density at radius 3 is 2.30 bits per heavy atom. The fraction of sp³-hybridized carbons (Fsp3) is 0.125. The normalized spacial score (nSPS) is 10.9. The van der Waals surface area contributed by atoms with Gasteiger partial charge in [0, 0.05) is 11.3 Å². The summed E-state index contributed by atoms with van der Waals surface area (Å²) in [5, 5.41) is 2.94. The van der Waals surface area contributed by atoms with Crippen molar-refractivity contribution in [1.29, 1.82) is 0 Å². The zero-order valence-electron chi connectivity index (χ0n) is 12.7. The van der Waals surface area contributed by atoms with Gasteiger partial charge in [-0.3, -0.25) is 9.52 Å². The highest BCUT2D eigenvalue weighted by Crippen LogP contribution is 2.22. The third-order valence-corrected chi connectivity index (χ3v) is 4.53. The molecule has 0 saturated carbocycles. The number of rotatable bonds is 5. The predicted octanol–water partition coefficient (Wildman–Crippen LogP) is 3.45. The Morgan fingerprint density at radius 2 is 1.65 bits per heavy atom. The number of carbonyl (C=O) groups excluding carboxylic acids is 1. The lowest BCUT2D eigenvalue weighted by molar-refractivity contribution is 0.101. The van der Waals surface area contributed by atoms with E-state index < -0.39 is 10.0 Å². The van der Waals surface area contributed by atoms with Crippen LogP contribution in [0.5, 0.6) is 0 Å². The van der Waals surface area contributed by atoms with Gasteiger partial charge in [-0.2, -0.15) is 0 Å². The number of hydrogen-bond acceptors (Lipinski definition) is 4. The van der Waals surface area contributed by atoms with E-state index in [0.717, 1.165) is 0 Å². The summed E-state index contributed by atoms with van der Waals surface area (Å²) in [7, 11) is -3.87. The molecule has 2 N–H and O–H groups in total. The standard InChI is InChI=1S/C16H16N2O3S2/c1-11(19)15-8-3-4-9-16(15)23(20,21)18-14-7-5-6-13(10-14)17-12(2)22/h3-10,18H,1-2H3,(H,17,22). The summed E-state index contributed by atoms with van der Waals surface area (Å²) >= 11 is 4.97. The van der Waals surface area contributed by atoms with E-state index in [9.17, 15) is 13.2 Å². The van der Waals surface area contributed by atoms with Gasteiger partial charge in [0.1, 0.15) is 0 Å². The third kappa shape index (κ3) is 4.37. The molecule has 7 heteroatoms. The number of hydrogen-bond donors (Lipinski definition) is 2. The molecule has 0 bridgehead atoms. The van der Waals surface area contributed by atoms with Crippen molar-refractivity contribution >= 4 is 44.4 Å². The van der Waals surface area contributed by atoms with E-state index in [1.54, 1.807) is 43.3 Å². The first kappa shape index (κ1) is 17.1. The van der Waals surface area contributed by atoms with Crippen molar-refractivity contribution in [3.05, 3.63) is 54.1 Å². The monoisotopic (exact) mass is 348 g/mol. The summed E-state index contributed by atoms with van der Waals surface area (Å²) in [6, 6.07) is 12.8. The van der Waals surface area contributed by atoms with Gasteiger partial charge in [0.15, 0.2) is 5.78 Å². The van der Waals surface area contributed by atoms with Crippen LogP contribution in [0.3, 0.4) is 0 Å². The summed E-state index contributed by atoms with van der Waals surface area (Å²) in [4.78, 5) is 12.2. The van der Waals surface area contributed by atoms with Crippen molar-refractivity contribution in [1.82, 2.24) is 0 Å². The average Bonchev–Trinajstić information content (AvgIpc) is 2.46. The van der Waals surface area contributed by atoms with Gasteiger partial charge in [-0.1, -0.05) is 36.5 Å². The zero-order chi connectivity index (χ0) is 17.0. The molecular weight excluding hydrogens is 332 g/mol. The first-order valence-corrected chi connectivity index (χ1v) is 8.69. The van der Waals surface area contributed by atoms with E-state index >= 15 is 0 Å². The molecule has 0 radical (unpaired) electrons. The van der Waals surface area contributed by atoms with Gasteiger partial charge in [0.05, 0.1) is 15.6 Å². The largest absolute Gasteiger partial charge is 0.350 e. The molecule has 0 atom stereocenters. The summed E-state index contributed by atoms with van der Waals surface area (Å²) < 4.78 is 27.6. The number of anilines is 2. The molecule has 0 aliphatic carbocycles. The maximum Gasteiger partial charge on any atom is 0.262 e. The number of benzene rings is 2. The van der Waals surface area contributed by atoms with Gasteiger partial charge in [0.25, 0.3) is 10.0 Å². The van der Waals surface area contributed by atoms with Gasteiger partial charge in [-0.05, 0) is 38.1 Å². The topological polar surface area (TPSA) is 75.3 Å². The molecule has 0 heterocycles.